The van der Waals surface area contributed by atoms with Gasteiger partial charge in [0, 0.05) is 23.5 Å². The topological polar surface area (TPSA) is 28.2 Å². The normalized spacial score (nSPS) is 24.4. The van der Waals surface area contributed by atoms with Crippen molar-refractivity contribution >= 4 is 33.2 Å². The second-order valence-corrected chi connectivity index (χ2v) is 7.22. The van der Waals surface area contributed by atoms with Crippen LogP contribution in [0.3, 0.4) is 0 Å². The number of aromatic nitrogens is 1. The van der Waals surface area contributed by atoms with Crippen molar-refractivity contribution in [3.8, 4) is 0 Å². The van der Waals surface area contributed by atoms with Gasteiger partial charge in [-0.2, -0.15) is 0 Å². The van der Waals surface area contributed by atoms with Crippen molar-refractivity contribution in [2.75, 3.05) is 13.6 Å². The van der Waals surface area contributed by atoms with Gasteiger partial charge >= 0.3 is 0 Å². The van der Waals surface area contributed by atoms with E-state index in [0.29, 0.717) is 17.2 Å². The first-order valence-electron chi connectivity index (χ1n) is 7.10. The molecule has 20 heavy (non-hydrogen) atoms. The number of pyridine rings is 1. The zero-order chi connectivity index (χ0) is 14.1. The van der Waals surface area contributed by atoms with Gasteiger partial charge in [0.2, 0.25) is 0 Å². The van der Waals surface area contributed by atoms with E-state index in [1.165, 1.54) is 29.0 Å². The van der Waals surface area contributed by atoms with Gasteiger partial charge in [0.25, 0.3) is 0 Å². The molecule has 2 aromatic rings. The van der Waals surface area contributed by atoms with E-state index in [1.807, 2.05) is 6.07 Å². The lowest BCUT2D eigenvalue weighted by atomic mass is 9.99. The number of hydrogen-bond acceptors (Lipinski definition) is 4. The predicted molar refractivity (Wildman–Crippen MR) is 86.6 cm³/mol. The minimum Gasteiger partial charge on any atom is -0.309 e. The van der Waals surface area contributed by atoms with Gasteiger partial charge in [-0.1, -0.05) is 11.6 Å². The van der Waals surface area contributed by atoms with Crippen molar-refractivity contribution in [1.29, 1.82) is 0 Å². The molecule has 0 bridgehead atoms. The lowest BCUT2D eigenvalue weighted by molar-refractivity contribution is 0.168. The third-order valence-electron chi connectivity index (χ3n) is 4.16. The molecule has 1 fully saturated rings. The third kappa shape index (κ3) is 3.14. The van der Waals surface area contributed by atoms with Crippen LogP contribution in [0.25, 0.3) is 10.2 Å². The molecule has 5 heteroatoms. The van der Waals surface area contributed by atoms with Crippen molar-refractivity contribution in [1.82, 2.24) is 15.2 Å². The number of nitrogens with zero attached hydrogens (tertiary/aromatic N) is 2. The molecule has 2 unspecified atom stereocenters. The van der Waals surface area contributed by atoms with E-state index in [-0.39, 0.29) is 0 Å². The number of piperidine rings is 1. The van der Waals surface area contributed by atoms with Gasteiger partial charge in [0.1, 0.15) is 5.15 Å². The van der Waals surface area contributed by atoms with Crippen LogP contribution in [0.2, 0.25) is 5.15 Å². The first-order valence-corrected chi connectivity index (χ1v) is 8.30. The molecule has 0 spiro atoms. The highest BCUT2D eigenvalue weighted by Gasteiger charge is 2.22. The van der Waals surface area contributed by atoms with E-state index in [9.17, 15) is 0 Å². The quantitative estimate of drug-likeness (QED) is 0.879. The van der Waals surface area contributed by atoms with E-state index in [2.05, 4.69) is 41.3 Å². The molecule has 0 radical (unpaired) electrons. The van der Waals surface area contributed by atoms with Crippen LogP contribution in [0.1, 0.15) is 24.6 Å². The van der Waals surface area contributed by atoms with Crippen LogP contribution >= 0.6 is 22.9 Å². The van der Waals surface area contributed by atoms with Crippen LogP contribution in [0.4, 0.5) is 0 Å². The summed E-state index contributed by atoms with van der Waals surface area (Å²) in [5, 5.41) is 4.26. The molecular weight excluding hydrogens is 290 g/mol. The fourth-order valence-electron chi connectivity index (χ4n) is 2.76. The Morgan fingerprint density at radius 1 is 1.50 bits per heavy atom. The number of fused-ring (bicyclic) bond motifs is 1. The molecule has 3 heterocycles. The molecule has 0 amide bonds. The summed E-state index contributed by atoms with van der Waals surface area (Å²) < 4.78 is 1.21. The van der Waals surface area contributed by atoms with Crippen molar-refractivity contribution in [3.63, 3.8) is 0 Å². The van der Waals surface area contributed by atoms with Crippen LogP contribution in [-0.2, 0) is 6.54 Å². The molecule has 3 rings (SSSR count). The fourth-order valence-corrected chi connectivity index (χ4v) is 3.86. The molecule has 0 aliphatic carbocycles. The van der Waals surface area contributed by atoms with E-state index in [1.54, 1.807) is 11.3 Å². The number of hydrogen-bond donors (Lipinski definition) is 1. The van der Waals surface area contributed by atoms with Gasteiger partial charge in [0.15, 0.2) is 0 Å². The fraction of sp³-hybridized carbons (Fsp3) is 0.533. The number of halogens is 1. The summed E-state index contributed by atoms with van der Waals surface area (Å²) in [7, 11) is 2.21. The Morgan fingerprint density at radius 3 is 3.15 bits per heavy atom. The van der Waals surface area contributed by atoms with Gasteiger partial charge < -0.3 is 10.2 Å². The predicted octanol–water partition coefficient (Wildman–Crippen LogP) is 3.52. The summed E-state index contributed by atoms with van der Waals surface area (Å²) in [5.74, 6) is 0. The second kappa shape index (κ2) is 5.98. The van der Waals surface area contributed by atoms with Crippen LogP contribution in [0, 0.1) is 0 Å². The molecule has 1 N–H and O–H groups in total. The monoisotopic (exact) mass is 309 g/mol. The molecule has 1 aliphatic heterocycles. The number of likely N-dealkylation sites (tertiary alicyclic amines) is 1. The highest BCUT2D eigenvalue weighted by Crippen LogP contribution is 2.26. The van der Waals surface area contributed by atoms with E-state index < -0.39 is 0 Å². The molecule has 2 atom stereocenters. The van der Waals surface area contributed by atoms with Gasteiger partial charge in [-0.15, -0.1) is 11.3 Å². The minimum atomic E-state index is 0.568. The maximum absolute atomic E-state index is 5.93. The Kier molecular flexibility index (Phi) is 4.26. The average molecular weight is 310 g/mol. The van der Waals surface area contributed by atoms with Crippen LogP contribution < -0.4 is 5.32 Å². The Morgan fingerprint density at radius 2 is 2.35 bits per heavy atom. The van der Waals surface area contributed by atoms with Gasteiger partial charge in [-0.05, 0) is 51.6 Å². The summed E-state index contributed by atoms with van der Waals surface area (Å²) in [4.78, 5) is 8.12. The molecule has 0 saturated carbocycles. The molecular formula is C15H20ClN3S. The Hall–Kier alpha value is -0.680. The number of rotatable bonds is 3. The zero-order valence-electron chi connectivity index (χ0n) is 11.9. The van der Waals surface area contributed by atoms with E-state index in [4.69, 9.17) is 11.6 Å². The minimum absolute atomic E-state index is 0.568. The van der Waals surface area contributed by atoms with Crippen LogP contribution in [0.15, 0.2) is 18.2 Å². The maximum atomic E-state index is 5.93. The van der Waals surface area contributed by atoms with E-state index >= 15 is 0 Å². The second-order valence-electron chi connectivity index (χ2n) is 5.66. The molecule has 2 aromatic heterocycles. The largest absolute Gasteiger partial charge is 0.309 e. The zero-order valence-corrected chi connectivity index (χ0v) is 13.5. The van der Waals surface area contributed by atoms with Crippen molar-refractivity contribution < 1.29 is 0 Å². The average Bonchev–Trinajstić information content (AvgIpc) is 2.82. The lowest BCUT2D eigenvalue weighted by Gasteiger charge is -2.35. The van der Waals surface area contributed by atoms with Crippen molar-refractivity contribution in [2.45, 2.75) is 38.4 Å². The Balaban J connectivity index is 1.62. The lowest BCUT2D eigenvalue weighted by Crippen LogP contribution is -2.45. The third-order valence-corrected chi connectivity index (χ3v) is 5.46. The summed E-state index contributed by atoms with van der Waals surface area (Å²) in [6.07, 6.45) is 2.46. The molecule has 0 aromatic carbocycles. The van der Waals surface area contributed by atoms with Gasteiger partial charge in [-0.3, -0.25) is 0 Å². The van der Waals surface area contributed by atoms with Crippen LogP contribution in [0.5, 0.6) is 0 Å². The summed E-state index contributed by atoms with van der Waals surface area (Å²) >= 11 is 7.73. The van der Waals surface area contributed by atoms with Gasteiger partial charge in [0.05, 0.1) is 10.2 Å². The number of thiophene rings is 1. The first-order chi connectivity index (χ1) is 9.61. The Bertz CT molecular complexity index is 598. The molecule has 1 aliphatic rings. The Labute approximate surface area is 128 Å². The molecule has 1 saturated heterocycles. The summed E-state index contributed by atoms with van der Waals surface area (Å²) in [6, 6.07) is 7.36. The molecule has 3 nitrogen and oxygen atoms in total. The van der Waals surface area contributed by atoms with Crippen molar-refractivity contribution in [2.24, 2.45) is 0 Å². The van der Waals surface area contributed by atoms with Gasteiger partial charge in [-0.25, -0.2) is 4.98 Å². The summed E-state index contributed by atoms with van der Waals surface area (Å²) in [5.41, 5.74) is 1.01. The van der Waals surface area contributed by atoms with Crippen molar-refractivity contribution in [3.05, 3.63) is 28.2 Å². The smallest absolute Gasteiger partial charge is 0.129 e. The first kappa shape index (κ1) is 14.3. The van der Waals surface area contributed by atoms with E-state index in [0.717, 1.165) is 12.1 Å². The summed E-state index contributed by atoms with van der Waals surface area (Å²) in [6.45, 7) is 4.42. The standard InChI is InChI=1S/C15H20ClN3S/c1-10-7-11(5-6-19(10)2)17-9-12-8-13-14(20-12)3-4-15(16)18-13/h3-4,8,10-11,17H,5-7,9H2,1-2H3. The highest BCUT2D eigenvalue weighted by atomic mass is 35.5. The highest BCUT2D eigenvalue weighted by molar-refractivity contribution is 7.19. The maximum Gasteiger partial charge on any atom is 0.129 e. The van der Waals surface area contributed by atoms with Crippen LogP contribution in [-0.4, -0.2) is 35.6 Å². The SMILES string of the molecule is CC1CC(NCc2cc3nc(Cl)ccc3s2)CCN1C. The molecule has 108 valence electrons. The number of nitrogens with one attached hydrogen (secondary N) is 1.